The molecule has 1 aromatic carbocycles. The molecule has 0 aliphatic carbocycles. The molecule has 1 aliphatic rings. The van der Waals surface area contributed by atoms with Gasteiger partial charge in [-0.05, 0) is 44.9 Å². The fraction of sp³-hybridized carbons (Fsp3) is 0.474. The van der Waals surface area contributed by atoms with Crippen molar-refractivity contribution in [3.63, 3.8) is 0 Å². The molecular formula is C19H23NO7S. The van der Waals surface area contributed by atoms with Crippen molar-refractivity contribution in [1.29, 1.82) is 0 Å². The lowest BCUT2D eigenvalue weighted by atomic mass is 10.1. The average Bonchev–Trinajstić information content (AvgIpc) is 2.83. The number of carbonyl (C=O) groups is 2. The van der Waals surface area contributed by atoms with Crippen LogP contribution in [0.4, 0.5) is 0 Å². The highest BCUT2D eigenvalue weighted by molar-refractivity contribution is 7.89. The van der Waals surface area contributed by atoms with Crippen LogP contribution in [0.2, 0.25) is 0 Å². The molecule has 0 bridgehead atoms. The Bertz CT molecular complexity index is 1010. The summed E-state index contributed by atoms with van der Waals surface area (Å²) in [6.45, 7) is 3.69. The number of furan rings is 1. The zero-order chi connectivity index (χ0) is 20.5. The van der Waals surface area contributed by atoms with Crippen molar-refractivity contribution in [2.24, 2.45) is 0 Å². The maximum absolute atomic E-state index is 13.2. The maximum atomic E-state index is 13.2. The van der Waals surface area contributed by atoms with Crippen molar-refractivity contribution in [2.75, 3.05) is 13.2 Å². The number of benzene rings is 1. The van der Waals surface area contributed by atoms with E-state index < -0.39 is 28.0 Å². The highest BCUT2D eigenvalue weighted by Gasteiger charge is 2.37. The SMILES string of the molecule is CCOC(=O)c1oc2ccc(S(=O)(=O)N3CCCCCC3C(=O)O)cc2c1C. The van der Waals surface area contributed by atoms with Gasteiger partial charge in [-0.15, -0.1) is 0 Å². The first-order valence-electron chi connectivity index (χ1n) is 9.22. The number of rotatable bonds is 5. The molecule has 152 valence electrons. The van der Waals surface area contributed by atoms with Gasteiger partial charge in [0.05, 0.1) is 11.5 Å². The topological polar surface area (TPSA) is 114 Å². The Balaban J connectivity index is 2.05. The van der Waals surface area contributed by atoms with E-state index in [1.54, 1.807) is 13.8 Å². The Hall–Kier alpha value is -2.39. The van der Waals surface area contributed by atoms with E-state index in [0.717, 1.165) is 10.7 Å². The second-order valence-electron chi connectivity index (χ2n) is 6.75. The van der Waals surface area contributed by atoms with E-state index in [-0.39, 0.29) is 30.2 Å². The van der Waals surface area contributed by atoms with Crippen LogP contribution in [0, 0.1) is 6.92 Å². The van der Waals surface area contributed by atoms with Crippen LogP contribution in [0.5, 0.6) is 0 Å². The molecule has 0 radical (unpaired) electrons. The number of hydrogen-bond acceptors (Lipinski definition) is 6. The van der Waals surface area contributed by atoms with Gasteiger partial charge in [0.15, 0.2) is 0 Å². The van der Waals surface area contributed by atoms with Crippen LogP contribution in [0.1, 0.15) is 48.7 Å². The van der Waals surface area contributed by atoms with Gasteiger partial charge in [0.1, 0.15) is 11.6 Å². The number of carboxylic acids is 1. The van der Waals surface area contributed by atoms with Gasteiger partial charge >= 0.3 is 11.9 Å². The number of carboxylic acid groups (broad SMARTS) is 1. The summed E-state index contributed by atoms with van der Waals surface area (Å²) in [5, 5.41) is 9.98. The first-order valence-corrected chi connectivity index (χ1v) is 10.7. The third-order valence-electron chi connectivity index (χ3n) is 4.96. The first kappa shape index (κ1) is 20.3. The third kappa shape index (κ3) is 3.64. The van der Waals surface area contributed by atoms with Gasteiger partial charge in [-0.1, -0.05) is 12.8 Å². The zero-order valence-electron chi connectivity index (χ0n) is 15.8. The van der Waals surface area contributed by atoms with Gasteiger partial charge < -0.3 is 14.3 Å². The largest absolute Gasteiger partial charge is 0.480 e. The summed E-state index contributed by atoms with van der Waals surface area (Å²) in [7, 11) is -4.01. The number of carbonyl (C=O) groups excluding carboxylic acids is 1. The highest BCUT2D eigenvalue weighted by Crippen LogP contribution is 2.31. The Morgan fingerprint density at radius 1 is 1.29 bits per heavy atom. The number of fused-ring (bicyclic) bond motifs is 1. The number of hydrogen-bond donors (Lipinski definition) is 1. The van der Waals surface area contributed by atoms with E-state index in [9.17, 15) is 23.1 Å². The van der Waals surface area contributed by atoms with E-state index in [0.29, 0.717) is 29.4 Å². The van der Waals surface area contributed by atoms with Crippen molar-refractivity contribution in [3.05, 3.63) is 29.5 Å². The molecule has 2 aromatic rings. The van der Waals surface area contributed by atoms with Gasteiger partial charge in [-0.2, -0.15) is 4.31 Å². The second-order valence-corrected chi connectivity index (χ2v) is 8.64. The van der Waals surface area contributed by atoms with Gasteiger partial charge in [0.25, 0.3) is 0 Å². The molecule has 1 atom stereocenters. The normalized spacial score (nSPS) is 18.7. The summed E-state index contributed by atoms with van der Waals surface area (Å²) in [4.78, 5) is 23.6. The molecule has 1 aromatic heterocycles. The molecule has 9 heteroatoms. The number of nitrogens with zero attached hydrogens (tertiary/aromatic N) is 1. The summed E-state index contributed by atoms with van der Waals surface area (Å²) in [6.07, 6.45) is 2.36. The highest BCUT2D eigenvalue weighted by atomic mass is 32.2. The molecule has 0 spiro atoms. The Morgan fingerprint density at radius 2 is 2.04 bits per heavy atom. The van der Waals surface area contributed by atoms with Gasteiger partial charge in [0, 0.05) is 17.5 Å². The molecule has 8 nitrogen and oxygen atoms in total. The molecular weight excluding hydrogens is 386 g/mol. The lowest BCUT2D eigenvalue weighted by Crippen LogP contribution is -2.44. The number of ether oxygens (including phenoxy) is 1. The van der Waals surface area contributed by atoms with Crippen molar-refractivity contribution in [3.8, 4) is 0 Å². The standard InChI is InChI=1S/C19H23NO7S/c1-3-26-19(23)17-12(2)14-11-13(8-9-16(14)27-17)28(24,25)20-10-6-4-5-7-15(20)18(21)22/h8-9,11,15H,3-7,10H2,1-2H3,(H,21,22). The molecule has 28 heavy (non-hydrogen) atoms. The van der Waals surface area contributed by atoms with Crippen LogP contribution in [-0.2, 0) is 19.6 Å². The fourth-order valence-corrected chi connectivity index (χ4v) is 5.18. The maximum Gasteiger partial charge on any atom is 0.374 e. The van der Waals surface area contributed by atoms with Crippen LogP contribution < -0.4 is 0 Å². The minimum atomic E-state index is -4.01. The zero-order valence-corrected chi connectivity index (χ0v) is 16.6. The van der Waals surface area contributed by atoms with E-state index in [2.05, 4.69) is 0 Å². The number of aryl methyl sites for hydroxylation is 1. The van der Waals surface area contributed by atoms with Crippen molar-refractivity contribution in [1.82, 2.24) is 4.31 Å². The quantitative estimate of drug-likeness (QED) is 0.755. The minimum absolute atomic E-state index is 0.0209. The molecule has 1 fully saturated rings. The Morgan fingerprint density at radius 3 is 2.71 bits per heavy atom. The summed E-state index contributed by atoms with van der Waals surface area (Å²) in [5.41, 5.74) is 0.848. The van der Waals surface area contributed by atoms with Crippen molar-refractivity contribution < 1.29 is 32.3 Å². The lowest BCUT2D eigenvalue weighted by Gasteiger charge is -2.26. The summed E-state index contributed by atoms with van der Waals surface area (Å²) >= 11 is 0. The molecule has 0 amide bonds. The molecule has 1 N–H and O–H groups in total. The Kier molecular flexibility index (Phi) is 5.76. The van der Waals surface area contributed by atoms with Crippen LogP contribution in [-0.4, -0.2) is 49.0 Å². The van der Waals surface area contributed by atoms with Crippen LogP contribution in [0.15, 0.2) is 27.5 Å². The Labute approximate surface area is 163 Å². The lowest BCUT2D eigenvalue weighted by molar-refractivity contribution is -0.141. The number of aliphatic carboxylic acids is 1. The minimum Gasteiger partial charge on any atom is -0.480 e. The number of esters is 1. The van der Waals surface area contributed by atoms with Crippen LogP contribution in [0.25, 0.3) is 11.0 Å². The second kappa shape index (κ2) is 7.92. The third-order valence-corrected chi connectivity index (χ3v) is 6.87. The van der Waals surface area contributed by atoms with E-state index in [1.165, 1.54) is 18.2 Å². The van der Waals surface area contributed by atoms with Crippen molar-refractivity contribution in [2.45, 2.75) is 50.5 Å². The van der Waals surface area contributed by atoms with E-state index >= 15 is 0 Å². The van der Waals surface area contributed by atoms with Gasteiger partial charge in [0.2, 0.25) is 15.8 Å². The predicted molar refractivity (Wildman–Crippen MR) is 101 cm³/mol. The average molecular weight is 409 g/mol. The van der Waals surface area contributed by atoms with Crippen molar-refractivity contribution >= 4 is 32.9 Å². The monoisotopic (exact) mass is 409 g/mol. The summed E-state index contributed by atoms with van der Waals surface area (Å²) in [6, 6.07) is 3.20. The van der Waals surface area contributed by atoms with Crippen LogP contribution >= 0.6 is 0 Å². The summed E-state index contributed by atoms with van der Waals surface area (Å²) < 4.78 is 38.0. The number of sulfonamides is 1. The van der Waals surface area contributed by atoms with Gasteiger partial charge in [-0.25, -0.2) is 13.2 Å². The fourth-order valence-electron chi connectivity index (χ4n) is 3.50. The smallest absolute Gasteiger partial charge is 0.374 e. The predicted octanol–water partition coefficient (Wildman–Crippen LogP) is 2.94. The molecule has 1 aliphatic heterocycles. The first-order chi connectivity index (χ1) is 13.3. The molecule has 1 unspecified atom stereocenters. The summed E-state index contributed by atoms with van der Waals surface area (Å²) in [5.74, 6) is -1.72. The van der Waals surface area contributed by atoms with E-state index in [4.69, 9.17) is 9.15 Å². The van der Waals surface area contributed by atoms with Gasteiger partial charge in [-0.3, -0.25) is 4.79 Å². The molecule has 0 saturated carbocycles. The van der Waals surface area contributed by atoms with E-state index in [1.807, 2.05) is 0 Å². The van der Waals surface area contributed by atoms with Crippen LogP contribution in [0.3, 0.4) is 0 Å². The molecule has 2 heterocycles. The molecule has 3 rings (SSSR count). The molecule has 1 saturated heterocycles.